The van der Waals surface area contributed by atoms with Gasteiger partial charge in [0.1, 0.15) is 0 Å². The molecule has 0 spiro atoms. The van der Waals surface area contributed by atoms with Crippen LogP contribution in [0, 0.1) is 13.8 Å². The van der Waals surface area contributed by atoms with Gasteiger partial charge >= 0.3 is 0 Å². The monoisotopic (exact) mass is 223 g/mol. The molecule has 0 atom stereocenters. The van der Waals surface area contributed by atoms with E-state index in [1.54, 1.807) is 10.7 Å². The van der Waals surface area contributed by atoms with Crippen LogP contribution in [0.2, 0.25) is 0 Å². The number of nitrogens with zero attached hydrogens (tertiary/aromatic N) is 3. The molecule has 1 aromatic carbocycles. The number of fused-ring (bicyclic) bond motifs is 1. The predicted octanol–water partition coefficient (Wildman–Crippen LogP) is 3.01. The van der Waals surface area contributed by atoms with Gasteiger partial charge in [0, 0.05) is 17.8 Å². The highest BCUT2D eigenvalue weighted by molar-refractivity contribution is 5.63. The van der Waals surface area contributed by atoms with Crippen molar-refractivity contribution in [3.8, 4) is 11.3 Å². The molecule has 3 nitrogen and oxygen atoms in total. The molecule has 0 bridgehead atoms. The molecule has 0 aliphatic rings. The molecule has 3 aromatic rings. The Morgan fingerprint density at radius 3 is 2.53 bits per heavy atom. The summed E-state index contributed by atoms with van der Waals surface area (Å²) in [6, 6.07) is 10.4. The summed E-state index contributed by atoms with van der Waals surface area (Å²) in [6.07, 6.45) is 3.70. The van der Waals surface area contributed by atoms with Gasteiger partial charge in [0.15, 0.2) is 5.65 Å². The van der Waals surface area contributed by atoms with Crippen LogP contribution in [0.25, 0.3) is 16.9 Å². The van der Waals surface area contributed by atoms with Crippen molar-refractivity contribution in [2.45, 2.75) is 13.8 Å². The number of aryl methyl sites for hydroxylation is 2. The molecule has 0 saturated heterocycles. The second kappa shape index (κ2) is 3.70. The van der Waals surface area contributed by atoms with E-state index in [2.05, 4.69) is 42.1 Å². The van der Waals surface area contributed by atoms with Crippen molar-refractivity contribution in [2.24, 2.45) is 0 Å². The van der Waals surface area contributed by atoms with E-state index >= 15 is 0 Å². The maximum atomic E-state index is 4.59. The lowest BCUT2D eigenvalue weighted by atomic mass is 10.1. The van der Waals surface area contributed by atoms with Crippen LogP contribution < -0.4 is 0 Å². The number of hydrogen-bond donors (Lipinski definition) is 0. The minimum absolute atomic E-state index is 0.877. The van der Waals surface area contributed by atoms with Crippen molar-refractivity contribution in [1.29, 1.82) is 0 Å². The first-order chi connectivity index (χ1) is 8.22. The molecule has 17 heavy (non-hydrogen) atoms. The van der Waals surface area contributed by atoms with Gasteiger partial charge in [-0.3, -0.25) is 0 Å². The Hall–Kier alpha value is -2.16. The summed E-state index contributed by atoms with van der Waals surface area (Å²) in [5.74, 6) is 0. The second-order valence-corrected chi connectivity index (χ2v) is 4.32. The Labute approximate surface area is 99.7 Å². The van der Waals surface area contributed by atoms with E-state index < -0.39 is 0 Å². The molecule has 0 unspecified atom stereocenters. The van der Waals surface area contributed by atoms with Crippen LogP contribution in [0.1, 0.15) is 11.1 Å². The van der Waals surface area contributed by atoms with Crippen LogP contribution in [-0.2, 0) is 0 Å². The highest BCUT2D eigenvalue weighted by atomic mass is 15.2. The summed E-state index contributed by atoms with van der Waals surface area (Å²) in [5, 5.41) is 4.14. The summed E-state index contributed by atoms with van der Waals surface area (Å²) in [4.78, 5) is 4.59. The van der Waals surface area contributed by atoms with E-state index in [-0.39, 0.29) is 0 Å². The third kappa shape index (κ3) is 1.80. The zero-order chi connectivity index (χ0) is 11.8. The van der Waals surface area contributed by atoms with E-state index in [1.807, 2.05) is 18.3 Å². The lowest BCUT2D eigenvalue weighted by Gasteiger charge is -2.04. The molecule has 3 rings (SSSR count). The van der Waals surface area contributed by atoms with E-state index in [4.69, 9.17) is 0 Å². The molecule has 2 heterocycles. The van der Waals surface area contributed by atoms with Gasteiger partial charge < -0.3 is 0 Å². The fourth-order valence-corrected chi connectivity index (χ4v) is 2.10. The van der Waals surface area contributed by atoms with Gasteiger partial charge in [-0.1, -0.05) is 17.2 Å². The van der Waals surface area contributed by atoms with Crippen LogP contribution in [0.5, 0.6) is 0 Å². The van der Waals surface area contributed by atoms with Gasteiger partial charge in [0.25, 0.3) is 0 Å². The largest absolute Gasteiger partial charge is 0.229 e. The van der Waals surface area contributed by atoms with Gasteiger partial charge in [-0.25, -0.2) is 9.50 Å². The van der Waals surface area contributed by atoms with Gasteiger partial charge in [-0.2, -0.15) is 5.10 Å². The van der Waals surface area contributed by atoms with Gasteiger partial charge in [-0.15, -0.1) is 0 Å². The molecular weight excluding hydrogens is 210 g/mol. The zero-order valence-corrected chi connectivity index (χ0v) is 9.88. The summed E-state index contributed by atoms with van der Waals surface area (Å²) >= 11 is 0. The quantitative estimate of drug-likeness (QED) is 0.634. The summed E-state index contributed by atoms with van der Waals surface area (Å²) in [6.45, 7) is 4.21. The van der Waals surface area contributed by atoms with Gasteiger partial charge in [0.2, 0.25) is 0 Å². The smallest absolute Gasteiger partial charge is 0.155 e. The molecule has 0 aliphatic heterocycles. The molecule has 0 radical (unpaired) electrons. The Morgan fingerprint density at radius 2 is 1.76 bits per heavy atom. The van der Waals surface area contributed by atoms with Crippen molar-refractivity contribution in [2.75, 3.05) is 0 Å². The summed E-state index contributed by atoms with van der Waals surface area (Å²) in [7, 11) is 0. The minimum atomic E-state index is 0.877. The fourth-order valence-electron chi connectivity index (χ4n) is 2.10. The summed E-state index contributed by atoms with van der Waals surface area (Å²) < 4.78 is 1.77. The molecular formula is C14H13N3. The van der Waals surface area contributed by atoms with Crippen molar-refractivity contribution in [3.63, 3.8) is 0 Å². The van der Waals surface area contributed by atoms with Crippen LogP contribution >= 0.6 is 0 Å². The van der Waals surface area contributed by atoms with Crippen LogP contribution in [0.15, 0.2) is 42.7 Å². The highest BCUT2D eigenvalue weighted by Gasteiger charge is 2.03. The number of rotatable bonds is 1. The normalized spacial score (nSPS) is 10.9. The fraction of sp³-hybridized carbons (Fsp3) is 0.143. The van der Waals surface area contributed by atoms with Crippen molar-refractivity contribution < 1.29 is 0 Å². The molecule has 2 aromatic heterocycles. The maximum Gasteiger partial charge on any atom is 0.155 e. The van der Waals surface area contributed by atoms with Crippen LogP contribution in [0.4, 0.5) is 0 Å². The van der Waals surface area contributed by atoms with E-state index in [1.165, 1.54) is 11.1 Å². The van der Waals surface area contributed by atoms with E-state index in [0.29, 0.717) is 0 Å². The zero-order valence-electron chi connectivity index (χ0n) is 9.88. The third-order valence-corrected chi connectivity index (χ3v) is 2.78. The average Bonchev–Trinajstić information content (AvgIpc) is 2.74. The standard InChI is InChI=1S/C14H13N3/c1-10-7-11(2)9-12(8-10)13-4-6-17-14(16-13)3-5-15-17/h3-9H,1-2H3. The lowest BCUT2D eigenvalue weighted by molar-refractivity contribution is 0.941. The van der Waals surface area contributed by atoms with Crippen molar-refractivity contribution >= 4 is 5.65 Å². The first kappa shape index (κ1) is 10.0. The van der Waals surface area contributed by atoms with Gasteiger partial charge in [0.05, 0.1) is 11.9 Å². The Kier molecular flexibility index (Phi) is 2.18. The second-order valence-electron chi connectivity index (χ2n) is 4.32. The first-order valence-electron chi connectivity index (χ1n) is 5.61. The maximum absolute atomic E-state index is 4.59. The number of benzene rings is 1. The molecule has 0 saturated carbocycles. The summed E-state index contributed by atoms with van der Waals surface area (Å²) in [5.41, 5.74) is 5.54. The van der Waals surface area contributed by atoms with Crippen molar-refractivity contribution in [3.05, 3.63) is 53.9 Å². The average molecular weight is 223 g/mol. The Balaban J connectivity index is 2.19. The molecule has 0 fully saturated rings. The Bertz CT molecular complexity index is 663. The SMILES string of the molecule is Cc1cc(C)cc(-c2ccn3nccc3n2)c1. The Morgan fingerprint density at radius 1 is 1.00 bits per heavy atom. The van der Waals surface area contributed by atoms with Gasteiger partial charge in [-0.05, 0) is 32.0 Å². The number of aromatic nitrogens is 3. The van der Waals surface area contributed by atoms with Crippen molar-refractivity contribution in [1.82, 2.24) is 14.6 Å². The molecule has 84 valence electrons. The van der Waals surface area contributed by atoms with E-state index in [0.717, 1.165) is 16.9 Å². The van der Waals surface area contributed by atoms with Crippen LogP contribution in [0.3, 0.4) is 0 Å². The van der Waals surface area contributed by atoms with E-state index in [9.17, 15) is 0 Å². The molecule has 0 aliphatic carbocycles. The molecule has 0 amide bonds. The van der Waals surface area contributed by atoms with Crippen LogP contribution in [-0.4, -0.2) is 14.6 Å². The molecule has 3 heteroatoms. The lowest BCUT2D eigenvalue weighted by Crippen LogP contribution is -1.92. The topological polar surface area (TPSA) is 30.2 Å². The predicted molar refractivity (Wildman–Crippen MR) is 67.9 cm³/mol. The first-order valence-corrected chi connectivity index (χ1v) is 5.61. The molecule has 0 N–H and O–H groups in total. The third-order valence-electron chi connectivity index (χ3n) is 2.78. The minimum Gasteiger partial charge on any atom is -0.229 e. The highest BCUT2D eigenvalue weighted by Crippen LogP contribution is 2.20. The number of hydrogen-bond acceptors (Lipinski definition) is 2.